The highest BCUT2D eigenvalue weighted by atomic mass is 16.2. The van der Waals surface area contributed by atoms with Crippen LogP contribution < -0.4 is 26.6 Å². The quantitative estimate of drug-likeness (QED) is 0.230. The Hall–Kier alpha value is -3.72. The molecule has 3 atom stereocenters. The van der Waals surface area contributed by atoms with E-state index in [2.05, 4.69) is 16.0 Å². The molecule has 1 heterocycles. The third kappa shape index (κ3) is 7.88. The number of hydrogen-bond donors (Lipinski definition) is 4. The van der Waals surface area contributed by atoms with E-state index < -0.39 is 29.9 Å². The van der Waals surface area contributed by atoms with E-state index in [0.717, 1.165) is 18.5 Å². The van der Waals surface area contributed by atoms with E-state index in [9.17, 15) is 19.2 Å². The van der Waals surface area contributed by atoms with Crippen molar-refractivity contribution in [3.8, 4) is 0 Å². The van der Waals surface area contributed by atoms with E-state index >= 15 is 0 Å². The van der Waals surface area contributed by atoms with Crippen molar-refractivity contribution in [2.75, 3.05) is 18.0 Å². The van der Waals surface area contributed by atoms with E-state index in [1.165, 1.54) is 0 Å². The highest BCUT2D eigenvalue weighted by molar-refractivity contribution is 6.06. The first-order valence-electron chi connectivity index (χ1n) is 13.0. The second-order valence-corrected chi connectivity index (χ2v) is 9.23. The first-order valence-corrected chi connectivity index (χ1v) is 13.0. The average Bonchev–Trinajstić information content (AvgIpc) is 2.92. The molecular weight excluding hydrogens is 470 g/mol. The van der Waals surface area contributed by atoms with Gasteiger partial charge in [-0.1, -0.05) is 56.2 Å². The Bertz CT molecular complexity index is 1050. The monoisotopic (exact) mass is 507 g/mol. The lowest BCUT2D eigenvalue weighted by Crippen LogP contribution is -2.66. The summed E-state index contributed by atoms with van der Waals surface area (Å²) in [7, 11) is 0. The predicted octanol–water partition coefficient (Wildman–Crippen LogP) is 2.12. The van der Waals surface area contributed by atoms with Crippen molar-refractivity contribution in [2.24, 2.45) is 5.73 Å². The molecule has 198 valence electrons. The molecule has 4 amide bonds. The summed E-state index contributed by atoms with van der Waals surface area (Å²) in [6.45, 7) is 2.86. The van der Waals surface area contributed by atoms with Gasteiger partial charge in [0.25, 0.3) is 11.8 Å². The van der Waals surface area contributed by atoms with Gasteiger partial charge in [-0.15, -0.1) is 0 Å². The number of nitrogens with two attached hydrogens (primary N) is 1. The van der Waals surface area contributed by atoms with Crippen LogP contribution in [0.3, 0.4) is 0 Å². The Kier molecular flexibility index (Phi) is 10.6. The smallest absolute Gasteiger partial charge is 0.251 e. The van der Waals surface area contributed by atoms with E-state index in [4.69, 9.17) is 5.73 Å². The van der Waals surface area contributed by atoms with E-state index in [-0.39, 0.29) is 11.8 Å². The SMILES string of the molecule is CCCC[C@H](NC(=O)[C@H](CCCCN)NC(=O)c1ccccc1)C(=O)N[C@@H]1CN(c2ccccc2)C1=O. The zero-order valence-electron chi connectivity index (χ0n) is 21.3. The highest BCUT2D eigenvalue weighted by Crippen LogP contribution is 2.21. The Morgan fingerprint density at radius 1 is 0.892 bits per heavy atom. The molecule has 9 heteroatoms. The number of benzene rings is 2. The average molecular weight is 508 g/mol. The zero-order valence-corrected chi connectivity index (χ0v) is 21.3. The second kappa shape index (κ2) is 14.1. The van der Waals surface area contributed by atoms with Crippen molar-refractivity contribution in [1.29, 1.82) is 0 Å². The summed E-state index contributed by atoms with van der Waals surface area (Å²) in [6.07, 6.45) is 3.76. The second-order valence-electron chi connectivity index (χ2n) is 9.23. The van der Waals surface area contributed by atoms with Gasteiger partial charge < -0.3 is 26.6 Å². The first-order chi connectivity index (χ1) is 17.9. The van der Waals surface area contributed by atoms with Crippen molar-refractivity contribution < 1.29 is 19.2 Å². The van der Waals surface area contributed by atoms with Crippen LogP contribution in [0, 0.1) is 0 Å². The van der Waals surface area contributed by atoms with Crippen molar-refractivity contribution in [1.82, 2.24) is 16.0 Å². The van der Waals surface area contributed by atoms with Gasteiger partial charge in [-0.25, -0.2) is 0 Å². The lowest BCUT2D eigenvalue weighted by Gasteiger charge is -2.39. The van der Waals surface area contributed by atoms with Gasteiger partial charge in [0.2, 0.25) is 11.8 Å². The normalized spacial score (nSPS) is 16.3. The summed E-state index contributed by atoms with van der Waals surface area (Å²) in [6, 6.07) is 15.7. The third-order valence-corrected chi connectivity index (χ3v) is 6.40. The van der Waals surface area contributed by atoms with E-state index in [0.29, 0.717) is 44.3 Å². The van der Waals surface area contributed by atoms with Gasteiger partial charge in [0.15, 0.2) is 0 Å². The Labute approximate surface area is 218 Å². The fourth-order valence-electron chi connectivity index (χ4n) is 4.19. The topological polar surface area (TPSA) is 134 Å². The Morgan fingerprint density at radius 3 is 2.14 bits per heavy atom. The molecule has 3 rings (SSSR count). The van der Waals surface area contributed by atoms with Gasteiger partial charge >= 0.3 is 0 Å². The molecule has 2 aromatic carbocycles. The first kappa shape index (κ1) is 27.9. The van der Waals surface area contributed by atoms with Crippen LogP contribution in [0.1, 0.15) is 55.8 Å². The number of carbonyl (C=O) groups is 4. The van der Waals surface area contributed by atoms with Crippen molar-refractivity contribution >= 4 is 29.3 Å². The van der Waals surface area contributed by atoms with Crippen LogP contribution in [0.4, 0.5) is 5.69 Å². The third-order valence-electron chi connectivity index (χ3n) is 6.40. The number of rotatable bonds is 14. The number of nitrogens with one attached hydrogen (secondary N) is 3. The summed E-state index contributed by atoms with van der Waals surface area (Å²) >= 11 is 0. The molecule has 0 aromatic heterocycles. The van der Waals surface area contributed by atoms with Gasteiger partial charge in [0.1, 0.15) is 18.1 Å². The fraction of sp³-hybridized carbons (Fsp3) is 0.429. The summed E-state index contributed by atoms with van der Waals surface area (Å²) in [5.74, 6) is -1.37. The standard InChI is InChI=1S/C28H37N5O4/c1-2-3-16-22(27(36)32-24-19-33(28(24)37)21-14-8-5-9-15-21)31-26(35)23(17-10-11-18-29)30-25(34)20-12-6-4-7-13-20/h4-9,12-15,22-24H,2-3,10-11,16-19,29H2,1H3,(H,30,34)(H,31,35)(H,32,36)/t22-,23-,24+/m0/s1. The van der Waals surface area contributed by atoms with Crippen LogP contribution in [0.15, 0.2) is 60.7 Å². The summed E-state index contributed by atoms with van der Waals surface area (Å²) in [5, 5.41) is 8.42. The molecule has 0 radical (unpaired) electrons. The van der Waals surface area contributed by atoms with Crippen LogP contribution in [0.2, 0.25) is 0 Å². The molecule has 5 N–H and O–H groups in total. The van der Waals surface area contributed by atoms with Crippen LogP contribution in [0.25, 0.3) is 0 Å². The predicted molar refractivity (Wildman–Crippen MR) is 143 cm³/mol. The lowest BCUT2D eigenvalue weighted by atomic mass is 10.0. The number of unbranched alkanes of at least 4 members (excludes halogenated alkanes) is 2. The van der Waals surface area contributed by atoms with Gasteiger partial charge in [0, 0.05) is 11.3 Å². The molecule has 37 heavy (non-hydrogen) atoms. The molecular formula is C28H37N5O4. The Morgan fingerprint density at radius 2 is 1.51 bits per heavy atom. The number of anilines is 1. The van der Waals surface area contributed by atoms with Gasteiger partial charge in [0.05, 0.1) is 6.54 Å². The molecule has 1 aliphatic rings. The molecule has 9 nitrogen and oxygen atoms in total. The van der Waals surface area contributed by atoms with Gasteiger partial charge in [-0.05, 0) is 56.5 Å². The maximum absolute atomic E-state index is 13.2. The molecule has 1 fully saturated rings. The summed E-state index contributed by atoms with van der Waals surface area (Å²) in [5.41, 5.74) is 6.84. The minimum Gasteiger partial charge on any atom is -0.343 e. The largest absolute Gasteiger partial charge is 0.343 e. The molecule has 1 aliphatic heterocycles. The molecule has 0 saturated carbocycles. The molecule has 0 unspecified atom stereocenters. The van der Waals surface area contributed by atoms with Crippen LogP contribution in [-0.4, -0.2) is 54.8 Å². The van der Waals surface area contributed by atoms with Gasteiger partial charge in [-0.2, -0.15) is 0 Å². The molecule has 0 spiro atoms. The van der Waals surface area contributed by atoms with Crippen molar-refractivity contribution in [3.63, 3.8) is 0 Å². The van der Waals surface area contributed by atoms with Crippen molar-refractivity contribution in [3.05, 3.63) is 66.2 Å². The summed E-state index contributed by atoms with van der Waals surface area (Å²) in [4.78, 5) is 53.3. The fourth-order valence-corrected chi connectivity index (χ4v) is 4.19. The molecule has 1 saturated heterocycles. The molecule has 2 aromatic rings. The number of β-lactam (4-membered cyclic amide) rings is 1. The minimum atomic E-state index is -0.810. The van der Waals surface area contributed by atoms with Gasteiger partial charge in [-0.3, -0.25) is 19.2 Å². The van der Waals surface area contributed by atoms with E-state index in [1.54, 1.807) is 29.2 Å². The summed E-state index contributed by atoms with van der Waals surface area (Å²) < 4.78 is 0. The molecule has 0 aliphatic carbocycles. The number of hydrogen-bond acceptors (Lipinski definition) is 5. The number of carbonyl (C=O) groups excluding carboxylic acids is 4. The van der Waals surface area contributed by atoms with Crippen LogP contribution in [0.5, 0.6) is 0 Å². The maximum Gasteiger partial charge on any atom is 0.251 e. The molecule has 0 bridgehead atoms. The minimum absolute atomic E-state index is 0.185. The van der Waals surface area contributed by atoms with Crippen LogP contribution >= 0.6 is 0 Å². The Balaban J connectivity index is 1.63. The van der Waals surface area contributed by atoms with Crippen LogP contribution in [-0.2, 0) is 14.4 Å². The maximum atomic E-state index is 13.2. The van der Waals surface area contributed by atoms with Crippen molar-refractivity contribution in [2.45, 2.75) is 63.6 Å². The van der Waals surface area contributed by atoms with E-state index in [1.807, 2.05) is 43.3 Å². The highest BCUT2D eigenvalue weighted by Gasteiger charge is 2.40. The number of nitrogens with zero attached hydrogens (tertiary/aromatic N) is 1. The zero-order chi connectivity index (χ0) is 26.6. The number of para-hydroxylation sites is 1. The lowest BCUT2D eigenvalue weighted by molar-refractivity contribution is -0.133. The number of amides is 4.